The number of nitrogens with one attached hydrogen (secondary N) is 1. The summed E-state index contributed by atoms with van der Waals surface area (Å²) in [7, 11) is 1.65. The molecule has 0 atom stereocenters. The van der Waals surface area contributed by atoms with Crippen LogP contribution < -0.4 is 10.2 Å². The van der Waals surface area contributed by atoms with Crippen molar-refractivity contribution in [3.05, 3.63) is 68.2 Å². The van der Waals surface area contributed by atoms with E-state index < -0.39 is 4.92 Å². The number of piperazine rings is 1. The molecule has 1 N–H and O–H groups in total. The van der Waals surface area contributed by atoms with Crippen LogP contribution in [0.3, 0.4) is 0 Å². The fourth-order valence-electron chi connectivity index (χ4n) is 3.17. The molecule has 0 spiro atoms. The van der Waals surface area contributed by atoms with E-state index in [1.165, 1.54) is 12.1 Å². The third kappa shape index (κ3) is 4.99. The van der Waals surface area contributed by atoms with Crippen molar-refractivity contribution >= 4 is 52.2 Å². The molecule has 1 aliphatic rings. The zero-order valence-electron chi connectivity index (χ0n) is 15.8. The largest absolute Gasteiger partial charge is 0.383 e. The van der Waals surface area contributed by atoms with E-state index in [0.29, 0.717) is 41.9 Å². The van der Waals surface area contributed by atoms with Crippen molar-refractivity contribution in [3.63, 3.8) is 0 Å². The molecule has 2 aromatic carbocycles. The van der Waals surface area contributed by atoms with E-state index in [4.69, 9.17) is 23.2 Å². The van der Waals surface area contributed by atoms with E-state index in [0.717, 1.165) is 11.3 Å². The van der Waals surface area contributed by atoms with Crippen molar-refractivity contribution in [2.45, 2.75) is 0 Å². The first kappa shape index (κ1) is 21.0. The van der Waals surface area contributed by atoms with Gasteiger partial charge in [-0.15, -0.1) is 0 Å². The molecular formula is C20H20Cl2N4O3. The Hall–Kier alpha value is -2.77. The highest BCUT2D eigenvalue weighted by atomic mass is 35.5. The van der Waals surface area contributed by atoms with Gasteiger partial charge >= 0.3 is 0 Å². The van der Waals surface area contributed by atoms with E-state index >= 15 is 0 Å². The summed E-state index contributed by atoms with van der Waals surface area (Å²) in [5.74, 6) is -0.0877. The van der Waals surface area contributed by atoms with E-state index in [2.05, 4.69) is 10.2 Å². The van der Waals surface area contributed by atoms with Crippen LogP contribution in [0.5, 0.6) is 0 Å². The summed E-state index contributed by atoms with van der Waals surface area (Å²) >= 11 is 12.0. The lowest BCUT2D eigenvalue weighted by Crippen LogP contribution is -2.48. The Kier molecular flexibility index (Phi) is 6.61. The van der Waals surface area contributed by atoms with Crippen LogP contribution in [0.4, 0.5) is 17.1 Å². The topological polar surface area (TPSA) is 78.7 Å². The molecule has 0 aromatic heterocycles. The summed E-state index contributed by atoms with van der Waals surface area (Å²) in [6.45, 7) is 2.40. The fourth-order valence-corrected chi connectivity index (χ4v) is 3.64. The first-order valence-corrected chi connectivity index (χ1v) is 9.78. The Morgan fingerprint density at radius 2 is 1.86 bits per heavy atom. The van der Waals surface area contributed by atoms with Gasteiger partial charge in [-0.25, -0.2) is 0 Å². The van der Waals surface area contributed by atoms with E-state index in [-0.39, 0.29) is 11.6 Å². The standard InChI is InChI=1S/C20H20Cl2N4O3/c1-23-18-13-16(5-6-19(18)26(28)29)24-8-10-25(11-9-24)20(27)7-3-14-2-4-15(21)12-17(14)22/h2-7,12-13,23H,8-11H2,1H3/b7-3+. The predicted octanol–water partition coefficient (Wildman–Crippen LogP) is 4.31. The average Bonchev–Trinajstić information content (AvgIpc) is 2.72. The highest BCUT2D eigenvalue weighted by Gasteiger charge is 2.22. The first-order chi connectivity index (χ1) is 13.9. The second-order valence-corrected chi connectivity index (χ2v) is 7.36. The van der Waals surface area contributed by atoms with Crippen molar-refractivity contribution in [1.82, 2.24) is 4.90 Å². The van der Waals surface area contributed by atoms with Gasteiger partial charge in [0.1, 0.15) is 5.69 Å². The van der Waals surface area contributed by atoms with Crippen LogP contribution in [-0.4, -0.2) is 49.0 Å². The Labute approximate surface area is 178 Å². The molecule has 2 aromatic rings. The Morgan fingerprint density at radius 1 is 1.14 bits per heavy atom. The fraction of sp³-hybridized carbons (Fsp3) is 0.250. The molecular weight excluding hydrogens is 415 g/mol. The average molecular weight is 435 g/mol. The number of benzene rings is 2. The van der Waals surface area contributed by atoms with Crippen LogP contribution >= 0.6 is 23.2 Å². The van der Waals surface area contributed by atoms with Crippen LogP contribution in [0.25, 0.3) is 6.08 Å². The highest BCUT2D eigenvalue weighted by Crippen LogP contribution is 2.29. The highest BCUT2D eigenvalue weighted by molar-refractivity contribution is 6.35. The summed E-state index contributed by atoms with van der Waals surface area (Å²) in [6.07, 6.45) is 3.19. The minimum Gasteiger partial charge on any atom is -0.383 e. The van der Waals surface area contributed by atoms with Crippen molar-refractivity contribution < 1.29 is 9.72 Å². The molecule has 7 nitrogen and oxygen atoms in total. The Bertz CT molecular complexity index is 957. The number of nitro groups is 1. The van der Waals surface area contributed by atoms with E-state index in [9.17, 15) is 14.9 Å². The minimum absolute atomic E-state index is 0.0380. The minimum atomic E-state index is -0.411. The number of rotatable bonds is 5. The molecule has 0 saturated carbocycles. The normalized spacial score (nSPS) is 14.3. The molecule has 3 rings (SSSR count). The number of halogens is 2. The van der Waals surface area contributed by atoms with Gasteiger partial charge in [-0.2, -0.15) is 0 Å². The van der Waals surface area contributed by atoms with Crippen molar-refractivity contribution in [2.75, 3.05) is 43.4 Å². The SMILES string of the molecule is CNc1cc(N2CCN(C(=O)/C=C/c3ccc(Cl)cc3Cl)CC2)ccc1[N+](=O)[O-]. The van der Waals surface area contributed by atoms with Crippen LogP contribution in [0.15, 0.2) is 42.5 Å². The lowest BCUT2D eigenvalue weighted by atomic mass is 10.2. The molecule has 1 fully saturated rings. The molecule has 29 heavy (non-hydrogen) atoms. The lowest BCUT2D eigenvalue weighted by Gasteiger charge is -2.35. The number of amides is 1. The van der Waals surface area contributed by atoms with Gasteiger partial charge in [-0.1, -0.05) is 29.3 Å². The van der Waals surface area contributed by atoms with Crippen molar-refractivity contribution in [3.8, 4) is 0 Å². The van der Waals surface area contributed by atoms with E-state index in [1.807, 2.05) is 0 Å². The van der Waals surface area contributed by atoms with Crippen LogP contribution in [0.1, 0.15) is 5.56 Å². The van der Waals surface area contributed by atoms with Crippen molar-refractivity contribution in [1.29, 1.82) is 0 Å². The monoisotopic (exact) mass is 434 g/mol. The van der Waals surface area contributed by atoms with Gasteiger partial charge < -0.3 is 15.1 Å². The molecule has 1 amide bonds. The number of hydrogen-bond acceptors (Lipinski definition) is 5. The number of carbonyl (C=O) groups excluding carboxylic acids is 1. The van der Waals surface area contributed by atoms with Crippen molar-refractivity contribution in [2.24, 2.45) is 0 Å². The summed E-state index contributed by atoms with van der Waals surface area (Å²) < 4.78 is 0. The summed E-state index contributed by atoms with van der Waals surface area (Å²) in [5, 5.41) is 15.0. The van der Waals surface area contributed by atoms with Gasteiger partial charge in [0, 0.05) is 61.1 Å². The molecule has 1 heterocycles. The van der Waals surface area contributed by atoms with Crippen LogP contribution in [0.2, 0.25) is 10.0 Å². The van der Waals surface area contributed by atoms with Gasteiger partial charge in [0.25, 0.3) is 5.69 Å². The molecule has 9 heteroatoms. The number of nitrogens with zero attached hydrogens (tertiary/aromatic N) is 3. The molecule has 1 saturated heterocycles. The number of anilines is 2. The molecule has 0 aliphatic carbocycles. The van der Waals surface area contributed by atoms with Gasteiger partial charge in [0.15, 0.2) is 0 Å². The molecule has 0 radical (unpaired) electrons. The summed E-state index contributed by atoms with van der Waals surface area (Å²) in [5.41, 5.74) is 2.12. The summed E-state index contributed by atoms with van der Waals surface area (Å²) in [4.78, 5) is 27.0. The number of nitro benzene ring substituents is 1. The predicted molar refractivity (Wildman–Crippen MR) is 117 cm³/mol. The number of hydrogen-bond donors (Lipinski definition) is 1. The third-order valence-electron chi connectivity index (χ3n) is 4.77. The quantitative estimate of drug-likeness (QED) is 0.430. The second-order valence-electron chi connectivity index (χ2n) is 6.52. The zero-order chi connectivity index (χ0) is 21.0. The maximum absolute atomic E-state index is 12.5. The van der Waals surface area contributed by atoms with Gasteiger partial charge in [0.05, 0.1) is 4.92 Å². The first-order valence-electron chi connectivity index (χ1n) is 9.02. The van der Waals surface area contributed by atoms with Gasteiger partial charge in [-0.3, -0.25) is 14.9 Å². The maximum Gasteiger partial charge on any atom is 0.292 e. The molecule has 1 aliphatic heterocycles. The van der Waals surface area contributed by atoms with Crippen LogP contribution in [0, 0.1) is 10.1 Å². The smallest absolute Gasteiger partial charge is 0.292 e. The third-order valence-corrected chi connectivity index (χ3v) is 5.33. The molecule has 0 bridgehead atoms. The number of carbonyl (C=O) groups is 1. The van der Waals surface area contributed by atoms with Gasteiger partial charge in [0.2, 0.25) is 5.91 Å². The second kappa shape index (κ2) is 9.15. The zero-order valence-corrected chi connectivity index (χ0v) is 17.3. The Balaban J connectivity index is 1.62. The van der Waals surface area contributed by atoms with Crippen LogP contribution in [-0.2, 0) is 4.79 Å². The molecule has 152 valence electrons. The van der Waals surface area contributed by atoms with E-state index in [1.54, 1.807) is 48.4 Å². The summed E-state index contributed by atoms with van der Waals surface area (Å²) in [6, 6.07) is 10.1. The van der Waals surface area contributed by atoms with Gasteiger partial charge in [-0.05, 0) is 35.9 Å². The lowest BCUT2D eigenvalue weighted by molar-refractivity contribution is -0.383. The molecule has 0 unspecified atom stereocenters. The Morgan fingerprint density at radius 3 is 2.48 bits per heavy atom. The maximum atomic E-state index is 12.5.